The maximum Gasteiger partial charge on any atom is 0.243 e. The summed E-state index contributed by atoms with van der Waals surface area (Å²) in [5.41, 5.74) is 61.4. The second kappa shape index (κ2) is 49.6. The van der Waals surface area contributed by atoms with Crippen molar-refractivity contribution >= 4 is 88.9 Å². The molecule has 97 heavy (non-hydrogen) atoms. The summed E-state index contributed by atoms with van der Waals surface area (Å²) in [5, 5.41) is 24.7. The van der Waals surface area contributed by atoms with E-state index in [1.165, 1.54) is 0 Å². The average Bonchev–Trinajstić information content (AvgIpc) is 1.55. The van der Waals surface area contributed by atoms with Gasteiger partial charge in [0.2, 0.25) is 59.1 Å². The molecule has 554 valence electrons. The summed E-state index contributed by atoms with van der Waals surface area (Å²) in [6, 6.07) is -11.5. The lowest BCUT2D eigenvalue weighted by atomic mass is 9.99. The van der Waals surface area contributed by atoms with Gasteiger partial charge in [0.15, 0.2) is 29.8 Å². The van der Waals surface area contributed by atoms with Gasteiger partial charge in [0, 0.05) is 39.1 Å². The van der Waals surface area contributed by atoms with Crippen LogP contribution in [0.3, 0.4) is 0 Å². The summed E-state index contributed by atoms with van der Waals surface area (Å²) in [4.78, 5) is 161. The van der Waals surface area contributed by atoms with Crippen molar-refractivity contribution in [3.63, 3.8) is 0 Å². The van der Waals surface area contributed by atoms with E-state index in [0.29, 0.717) is 12.8 Å². The van der Waals surface area contributed by atoms with Crippen LogP contribution in [0, 0.1) is 23.7 Å². The third-order valence-corrected chi connectivity index (χ3v) is 14.8. The molecule has 31 N–H and O–H groups in total. The van der Waals surface area contributed by atoms with Crippen LogP contribution in [0.25, 0.3) is 0 Å². The number of carbonyl (C=O) groups excluding carboxylic acids is 10. The second-order valence-corrected chi connectivity index (χ2v) is 25.9. The standard InChI is InChI=1S/C62H121N25O10/c1-10-11-12-13-14-25-48(88)79-39(20-15-26-74-58(64)65)50(90)85-47(34-38(8)9)57(97)87-46(33-37(6)7)56(96)83-41(22-17-28-76-60(68)69)52(92)81-43(24-19-30-78-62(72)73)54(94)86-45(32-36(4)5)55(95)82-40(21-16-27-75-59(66)67)51(91)80-42(23-18-29-77-61(70)71)53(93)84-44(49(63)89)31-35(2)3/h35-47H,10-34H2,1-9H3,(H2,63,89)(H,79,88)(H,80,91)(H,81,92)(H,82,95)(H,83,96)(H,84,93)(H,85,90)(H,86,94)(H,87,97)(H4,64,65,74)(H4,66,67,75)(H4,68,69,76)(H4,70,71,77)(H4,72,73,78)/t39-,40-,41-,42-,43-,44-,45-,46-,47-/m0/s1. The molecule has 0 unspecified atom stereocenters. The highest BCUT2D eigenvalue weighted by Crippen LogP contribution is 2.15. The minimum Gasteiger partial charge on any atom is -0.370 e. The topological polar surface area (TPSA) is 627 Å². The van der Waals surface area contributed by atoms with E-state index < -0.39 is 108 Å². The highest BCUT2D eigenvalue weighted by atomic mass is 16.2. The van der Waals surface area contributed by atoms with Crippen LogP contribution >= 0.6 is 0 Å². The Morgan fingerprint density at radius 1 is 0.268 bits per heavy atom. The number of carbonyl (C=O) groups is 10. The van der Waals surface area contributed by atoms with Crippen molar-refractivity contribution in [3.05, 3.63) is 0 Å². The zero-order valence-electron chi connectivity index (χ0n) is 58.9. The number of guanidine groups is 5. The molecule has 0 spiro atoms. The van der Waals surface area contributed by atoms with Crippen molar-refractivity contribution in [1.82, 2.24) is 47.9 Å². The van der Waals surface area contributed by atoms with Crippen molar-refractivity contribution in [2.75, 3.05) is 32.7 Å². The Labute approximate surface area is 572 Å². The molecule has 0 aromatic rings. The Balaban J connectivity index is 7.43. The molecule has 0 radical (unpaired) electrons. The Morgan fingerprint density at radius 2 is 0.474 bits per heavy atom. The molecule has 0 aliphatic rings. The Morgan fingerprint density at radius 3 is 0.701 bits per heavy atom. The van der Waals surface area contributed by atoms with Gasteiger partial charge in [-0.1, -0.05) is 88.0 Å². The van der Waals surface area contributed by atoms with Gasteiger partial charge in [-0.05, 0) is 120 Å². The van der Waals surface area contributed by atoms with Crippen LogP contribution in [0.4, 0.5) is 0 Å². The fraction of sp³-hybridized carbons (Fsp3) is 0.758. The number of primary amides is 1. The summed E-state index contributed by atoms with van der Waals surface area (Å²) in [6.45, 7) is 16.9. The lowest BCUT2D eigenvalue weighted by molar-refractivity contribution is -0.136. The quantitative estimate of drug-likeness (QED) is 0.0161. The predicted octanol–water partition coefficient (Wildman–Crippen LogP) is -3.35. The normalized spacial score (nSPS) is 13.9. The first-order chi connectivity index (χ1) is 45.6. The van der Waals surface area contributed by atoms with Gasteiger partial charge in [0.1, 0.15) is 54.4 Å². The summed E-state index contributed by atoms with van der Waals surface area (Å²) < 4.78 is 0. The molecule has 0 aromatic heterocycles. The van der Waals surface area contributed by atoms with Gasteiger partial charge < -0.3 is 111 Å². The van der Waals surface area contributed by atoms with Crippen molar-refractivity contribution in [1.29, 1.82) is 0 Å². The number of rotatable bonds is 52. The van der Waals surface area contributed by atoms with E-state index in [9.17, 15) is 47.9 Å². The first kappa shape index (κ1) is 88.0. The summed E-state index contributed by atoms with van der Waals surface area (Å²) in [5.74, 6) is -9.14. The maximum absolute atomic E-state index is 14.8. The number of hydrogen-bond acceptors (Lipinski definition) is 15. The van der Waals surface area contributed by atoms with Gasteiger partial charge in [0.05, 0.1) is 0 Å². The second-order valence-electron chi connectivity index (χ2n) is 25.9. The molecule has 0 aliphatic heterocycles. The van der Waals surface area contributed by atoms with Crippen LogP contribution in [0.2, 0.25) is 0 Å². The summed E-state index contributed by atoms with van der Waals surface area (Å²) in [6.07, 6.45) is 5.75. The molecule has 0 bridgehead atoms. The largest absolute Gasteiger partial charge is 0.370 e. The van der Waals surface area contributed by atoms with Crippen LogP contribution in [-0.2, 0) is 47.9 Å². The molecule has 0 saturated heterocycles. The maximum atomic E-state index is 14.8. The van der Waals surface area contributed by atoms with Crippen LogP contribution < -0.4 is 111 Å². The van der Waals surface area contributed by atoms with Gasteiger partial charge in [-0.3, -0.25) is 72.9 Å². The fourth-order valence-electron chi connectivity index (χ4n) is 10.0. The molecule has 9 atom stereocenters. The van der Waals surface area contributed by atoms with Gasteiger partial charge in [-0.25, -0.2) is 0 Å². The zero-order valence-corrected chi connectivity index (χ0v) is 58.9. The van der Waals surface area contributed by atoms with E-state index in [2.05, 4.69) is 79.7 Å². The van der Waals surface area contributed by atoms with E-state index >= 15 is 0 Å². The van der Waals surface area contributed by atoms with E-state index in [1.807, 2.05) is 41.5 Å². The van der Waals surface area contributed by atoms with Gasteiger partial charge in [-0.2, -0.15) is 0 Å². The van der Waals surface area contributed by atoms with Crippen LogP contribution in [-0.4, -0.2) is 176 Å². The smallest absolute Gasteiger partial charge is 0.243 e. The number of nitrogens with two attached hydrogens (primary N) is 11. The number of aliphatic imine (C=N–C) groups is 5. The highest BCUT2D eigenvalue weighted by molar-refractivity contribution is 5.98. The Hall–Kier alpha value is -8.95. The molecule has 0 rings (SSSR count). The number of hydrogen-bond donors (Lipinski definition) is 20. The molecule has 0 fully saturated rings. The molecule has 0 aliphatic carbocycles. The van der Waals surface area contributed by atoms with Gasteiger partial charge in [-0.15, -0.1) is 0 Å². The Kier molecular flexibility index (Phi) is 45.0. The van der Waals surface area contributed by atoms with E-state index in [4.69, 9.17) is 63.1 Å². The predicted molar refractivity (Wildman–Crippen MR) is 377 cm³/mol. The third-order valence-electron chi connectivity index (χ3n) is 14.8. The number of nitrogens with zero attached hydrogens (tertiary/aromatic N) is 5. The number of amides is 10. The molecule has 10 amide bonds. The minimum atomic E-state index is -1.43. The fourth-order valence-corrected chi connectivity index (χ4v) is 10.0. The monoisotopic (exact) mass is 1380 g/mol. The van der Waals surface area contributed by atoms with Crippen LogP contribution in [0.1, 0.15) is 191 Å². The van der Waals surface area contributed by atoms with E-state index in [0.717, 1.165) is 25.7 Å². The Bertz CT molecular complexity index is 2600. The minimum absolute atomic E-state index is 0.00000480. The van der Waals surface area contributed by atoms with Crippen LogP contribution in [0.5, 0.6) is 0 Å². The summed E-state index contributed by atoms with van der Waals surface area (Å²) >= 11 is 0. The van der Waals surface area contributed by atoms with Crippen molar-refractivity contribution < 1.29 is 47.9 Å². The van der Waals surface area contributed by atoms with E-state index in [1.54, 1.807) is 13.8 Å². The average molecular weight is 1380 g/mol. The zero-order chi connectivity index (χ0) is 73.7. The van der Waals surface area contributed by atoms with Crippen molar-refractivity contribution in [2.45, 2.75) is 245 Å². The molecule has 0 aromatic carbocycles. The third kappa shape index (κ3) is 43.0. The first-order valence-corrected chi connectivity index (χ1v) is 33.8. The number of nitrogens with one attached hydrogen (secondary N) is 9. The van der Waals surface area contributed by atoms with E-state index in [-0.39, 0.29) is 182 Å². The molecular weight excluding hydrogens is 1250 g/mol. The molecular formula is C62H121N25O10. The molecule has 35 heteroatoms. The molecule has 35 nitrogen and oxygen atoms in total. The highest BCUT2D eigenvalue weighted by Gasteiger charge is 2.36. The lowest BCUT2D eigenvalue weighted by Gasteiger charge is -2.29. The van der Waals surface area contributed by atoms with Gasteiger partial charge in [0.25, 0.3) is 0 Å². The van der Waals surface area contributed by atoms with Crippen molar-refractivity contribution in [2.24, 2.45) is 112 Å². The van der Waals surface area contributed by atoms with Crippen molar-refractivity contribution in [3.8, 4) is 0 Å². The van der Waals surface area contributed by atoms with Crippen LogP contribution in [0.15, 0.2) is 25.0 Å². The summed E-state index contributed by atoms with van der Waals surface area (Å²) in [7, 11) is 0. The number of unbranched alkanes of at least 4 members (excludes halogenated alkanes) is 4. The molecule has 0 heterocycles. The van der Waals surface area contributed by atoms with Gasteiger partial charge >= 0.3 is 0 Å². The lowest BCUT2D eigenvalue weighted by Crippen LogP contribution is -2.60. The first-order valence-electron chi connectivity index (χ1n) is 33.8. The SMILES string of the molecule is CCCCCCCC(=O)N[C@@H](CCCN=C(N)N)C(=O)N[C@@H](CC(C)C)C(=O)N[C@@H](CC(C)C)C(=O)N[C@@H](CCCN=C(N)N)C(=O)N[C@@H](CCCN=C(N)N)C(=O)N[C@@H](CC(C)C)C(=O)N[C@@H](CCCN=C(N)N)C(=O)N[C@@H](CCCN=C(N)N)C(=O)N[C@@H](CC(C)C)C(N)=O. The molecule has 0 saturated carbocycles.